The van der Waals surface area contributed by atoms with Crippen LogP contribution in [-0.2, 0) is 11.0 Å². The molecule has 0 aliphatic rings. The summed E-state index contributed by atoms with van der Waals surface area (Å²) in [6.07, 6.45) is -3.07. The molecule has 3 amide bonds. The molecule has 0 spiro atoms. The minimum Gasteiger partial charge on any atom is -0.329 e. The first-order valence-corrected chi connectivity index (χ1v) is 7.85. The fourth-order valence-electron chi connectivity index (χ4n) is 1.98. The smallest absolute Gasteiger partial charge is 0.329 e. The van der Waals surface area contributed by atoms with Gasteiger partial charge in [-0.3, -0.25) is 4.79 Å². The normalized spacial score (nSPS) is 11.3. The lowest BCUT2D eigenvalue weighted by Gasteiger charge is -2.10. The number of halogens is 3. The number of urea groups is 1. The van der Waals surface area contributed by atoms with Gasteiger partial charge in [0.05, 0.1) is 11.8 Å². The molecule has 0 aliphatic carbocycles. The van der Waals surface area contributed by atoms with Gasteiger partial charge in [0.2, 0.25) is 0 Å². The number of aryl methyl sites for hydroxylation is 1. The lowest BCUT2D eigenvalue weighted by Crippen LogP contribution is -2.37. The average Bonchev–Trinajstić information content (AvgIpc) is 2.61. The molecule has 0 fully saturated rings. The molecule has 0 unspecified atom stereocenters. The Morgan fingerprint density at radius 3 is 2.48 bits per heavy atom. The summed E-state index contributed by atoms with van der Waals surface area (Å²) in [4.78, 5) is 23.3. The molecule has 0 aliphatic heterocycles. The van der Waals surface area contributed by atoms with Crippen molar-refractivity contribution < 1.29 is 22.8 Å². The van der Waals surface area contributed by atoms with E-state index < -0.39 is 30.2 Å². The fourth-order valence-corrected chi connectivity index (χ4v) is 1.98. The number of carbonyl (C=O) groups is 2. The summed E-state index contributed by atoms with van der Waals surface area (Å²) in [7, 11) is 0. The van der Waals surface area contributed by atoms with E-state index in [1.54, 1.807) is 0 Å². The van der Waals surface area contributed by atoms with E-state index in [0.29, 0.717) is 0 Å². The second-order valence-corrected chi connectivity index (χ2v) is 5.59. The number of anilines is 1. The van der Waals surface area contributed by atoms with Gasteiger partial charge in [0.15, 0.2) is 0 Å². The molecule has 2 aromatic carbocycles. The van der Waals surface area contributed by atoms with Crippen molar-refractivity contribution in [1.82, 2.24) is 10.7 Å². The molecule has 6 nitrogen and oxygen atoms in total. The number of nitrogens with zero attached hydrogens (tertiary/aromatic N) is 1. The van der Waals surface area contributed by atoms with Gasteiger partial charge in [-0.2, -0.15) is 18.3 Å². The number of benzene rings is 2. The first-order valence-electron chi connectivity index (χ1n) is 7.85. The predicted octanol–water partition coefficient (Wildman–Crippen LogP) is 3.29. The Labute approximate surface area is 153 Å². The Kier molecular flexibility index (Phi) is 6.53. The van der Waals surface area contributed by atoms with E-state index in [0.717, 1.165) is 23.3 Å². The number of hydrazone groups is 1. The molecule has 2 rings (SSSR count). The third-order valence-corrected chi connectivity index (χ3v) is 3.34. The minimum absolute atomic E-state index is 0.0416. The zero-order valence-corrected chi connectivity index (χ0v) is 14.3. The summed E-state index contributed by atoms with van der Waals surface area (Å²) in [6, 6.07) is 10.8. The van der Waals surface area contributed by atoms with Crippen LogP contribution in [0.1, 0.15) is 16.7 Å². The van der Waals surface area contributed by atoms with Gasteiger partial charge in [-0.15, -0.1) is 0 Å². The topological polar surface area (TPSA) is 82.6 Å². The second kappa shape index (κ2) is 8.84. The molecule has 0 heterocycles. The highest BCUT2D eigenvalue weighted by molar-refractivity contribution is 5.92. The molecule has 0 radical (unpaired) electrons. The van der Waals surface area contributed by atoms with Crippen LogP contribution in [0.5, 0.6) is 0 Å². The molecular weight excluding hydrogens is 361 g/mol. The second-order valence-electron chi connectivity index (χ2n) is 5.59. The van der Waals surface area contributed by atoms with Crippen LogP contribution >= 0.6 is 0 Å². The van der Waals surface area contributed by atoms with Crippen molar-refractivity contribution >= 4 is 23.8 Å². The van der Waals surface area contributed by atoms with Crippen molar-refractivity contribution in [2.45, 2.75) is 13.1 Å². The quantitative estimate of drug-likeness (QED) is 0.551. The Bertz CT molecular complexity index is 833. The van der Waals surface area contributed by atoms with E-state index in [4.69, 9.17) is 0 Å². The number of nitrogens with one attached hydrogen (secondary N) is 3. The van der Waals surface area contributed by atoms with Gasteiger partial charge >= 0.3 is 12.2 Å². The van der Waals surface area contributed by atoms with E-state index in [1.165, 1.54) is 18.3 Å². The number of amides is 3. The van der Waals surface area contributed by atoms with E-state index >= 15 is 0 Å². The van der Waals surface area contributed by atoms with Gasteiger partial charge in [-0.05, 0) is 30.7 Å². The largest absolute Gasteiger partial charge is 0.416 e. The van der Waals surface area contributed by atoms with Gasteiger partial charge in [-0.25, -0.2) is 10.2 Å². The number of hydrogen-bond acceptors (Lipinski definition) is 3. The standard InChI is InChI=1S/C18H17F3N4O2/c1-12-5-7-13(8-6-12)10-23-25-16(26)11-22-17(27)24-15-4-2-3-14(9-15)18(19,20)21/h2-10H,11H2,1H3,(H,25,26)(H2,22,24,27)/b23-10-. The van der Waals surface area contributed by atoms with E-state index in [-0.39, 0.29) is 5.69 Å². The SMILES string of the molecule is Cc1ccc(/C=N\NC(=O)CNC(=O)Nc2cccc(C(F)(F)F)c2)cc1. The Hall–Kier alpha value is -3.36. The van der Waals surface area contributed by atoms with Gasteiger partial charge < -0.3 is 10.6 Å². The van der Waals surface area contributed by atoms with Crippen molar-refractivity contribution in [3.05, 3.63) is 65.2 Å². The summed E-state index contributed by atoms with van der Waals surface area (Å²) in [5.41, 5.74) is 3.18. The van der Waals surface area contributed by atoms with Crippen molar-refractivity contribution in [3.63, 3.8) is 0 Å². The third-order valence-electron chi connectivity index (χ3n) is 3.34. The summed E-state index contributed by atoms with van der Waals surface area (Å²) in [5, 5.41) is 8.21. The molecule has 0 bridgehead atoms. The maximum atomic E-state index is 12.6. The van der Waals surface area contributed by atoms with E-state index in [2.05, 4.69) is 21.2 Å². The molecule has 3 N–H and O–H groups in total. The van der Waals surface area contributed by atoms with Crippen molar-refractivity contribution in [2.24, 2.45) is 5.10 Å². The van der Waals surface area contributed by atoms with Crippen LogP contribution in [0.4, 0.5) is 23.7 Å². The van der Waals surface area contributed by atoms with Gasteiger partial charge in [0.25, 0.3) is 5.91 Å². The molecule has 27 heavy (non-hydrogen) atoms. The van der Waals surface area contributed by atoms with Gasteiger partial charge in [0, 0.05) is 5.69 Å². The molecule has 142 valence electrons. The average molecular weight is 378 g/mol. The van der Waals surface area contributed by atoms with Crippen molar-refractivity contribution in [2.75, 3.05) is 11.9 Å². The van der Waals surface area contributed by atoms with Gasteiger partial charge in [-0.1, -0.05) is 35.9 Å². The summed E-state index contributed by atoms with van der Waals surface area (Å²) >= 11 is 0. The van der Waals surface area contributed by atoms with Crippen LogP contribution in [0.2, 0.25) is 0 Å². The lowest BCUT2D eigenvalue weighted by molar-refractivity contribution is -0.137. The summed E-state index contributed by atoms with van der Waals surface area (Å²) in [5.74, 6) is -0.586. The molecule has 0 saturated carbocycles. The monoisotopic (exact) mass is 378 g/mol. The molecule has 0 saturated heterocycles. The highest BCUT2D eigenvalue weighted by atomic mass is 19.4. The van der Waals surface area contributed by atoms with Crippen LogP contribution in [0, 0.1) is 6.92 Å². The van der Waals surface area contributed by atoms with Crippen LogP contribution in [-0.4, -0.2) is 24.7 Å². The maximum Gasteiger partial charge on any atom is 0.416 e. The first kappa shape index (κ1) is 20.0. The van der Waals surface area contributed by atoms with Crippen molar-refractivity contribution in [1.29, 1.82) is 0 Å². The number of carbonyl (C=O) groups excluding carboxylic acids is 2. The molecule has 2 aromatic rings. The van der Waals surface area contributed by atoms with Crippen LogP contribution < -0.4 is 16.1 Å². The minimum atomic E-state index is -4.51. The fraction of sp³-hybridized carbons (Fsp3) is 0.167. The zero-order chi connectivity index (χ0) is 19.9. The lowest BCUT2D eigenvalue weighted by atomic mass is 10.2. The number of rotatable bonds is 5. The number of hydrogen-bond donors (Lipinski definition) is 3. The maximum absolute atomic E-state index is 12.6. The Morgan fingerprint density at radius 1 is 1.11 bits per heavy atom. The highest BCUT2D eigenvalue weighted by Gasteiger charge is 2.30. The third kappa shape index (κ3) is 6.81. The first-order chi connectivity index (χ1) is 12.7. The molecular formula is C18H17F3N4O2. The van der Waals surface area contributed by atoms with Crippen LogP contribution in [0.3, 0.4) is 0 Å². The summed E-state index contributed by atoms with van der Waals surface area (Å²) in [6.45, 7) is 1.55. The molecule has 9 heteroatoms. The van der Waals surface area contributed by atoms with Crippen LogP contribution in [0.25, 0.3) is 0 Å². The number of alkyl halides is 3. The Balaban J connectivity index is 1.78. The molecule has 0 aromatic heterocycles. The van der Waals surface area contributed by atoms with Crippen molar-refractivity contribution in [3.8, 4) is 0 Å². The Morgan fingerprint density at radius 2 is 1.81 bits per heavy atom. The molecule has 0 atom stereocenters. The predicted molar refractivity (Wildman–Crippen MR) is 95.4 cm³/mol. The van der Waals surface area contributed by atoms with Gasteiger partial charge in [0.1, 0.15) is 6.54 Å². The van der Waals surface area contributed by atoms with E-state index in [9.17, 15) is 22.8 Å². The summed E-state index contributed by atoms with van der Waals surface area (Å²) < 4.78 is 37.9. The van der Waals surface area contributed by atoms with Crippen LogP contribution in [0.15, 0.2) is 53.6 Å². The zero-order valence-electron chi connectivity index (χ0n) is 14.3. The highest BCUT2D eigenvalue weighted by Crippen LogP contribution is 2.30. The van der Waals surface area contributed by atoms with E-state index in [1.807, 2.05) is 31.2 Å².